The lowest BCUT2D eigenvalue weighted by Gasteiger charge is -2.19. The van der Waals surface area contributed by atoms with Gasteiger partial charge in [-0.25, -0.2) is 13.2 Å². The fourth-order valence-corrected chi connectivity index (χ4v) is 4.20. The normalized spacial score (nSPS) is 21.2. The van der Waals surface area contributed by atoms with E-state index in [0.29, 0.717) is 5.56 Å². The van der Waals surface area contributed by atoms with Crippen molar-refractivity contribution in [2.75, 3.05) is 13.4 Å². The Balaban J connectivity index is 2.76. The van der Waals surface area contributed by atoms with Crippen LogP contribution in [0.25, 0.3) is 0 Å². The molecule has 126 valence electrons. The molecule has 1 aliphatic carbocycles. The maximum Gasteiger partial charge on any atom is 0.344 e. The molecule has 0 radical (unpaired) electrons. The first-order chi connectivity index (χ1) is 10.7. The summed E-state index contributed by atoms with van der Waals surface area (Å²) in [4.78, 5) is 22.4. The summed E-state index contributed by atoms with van der Waals surface area (Å²) >= 11 is 0. The number of ether oxygens (including phenoxy) is 1. The van der Waals surface area contributed by atoms with Crippen LogP contribution in [0.15, 0.2) is 17.0 Å². The predicted octanol–water partition coefficient (Wildman–Crippen LogP) is 2.69. The van der Waals surface area contributed by atoms with Gasteiger partial charge in [-0.1, -0.05) is 19.8 Å². The highest BCUT2D eigenvalue weighted by atomic mass is 32.2. The zero-order chi connectivity index (χ0) is 17.4. The number of methoxy groups -OCH3 is 1. The molecule has 0 saturated heterocycles. The molecule has 23 heavy (non-hydrogen) atoms. The number of hydrogen-bond donors (Lipinski definition) is 0. The van der Waals surface area contributed by atoms with Crippen molar-refractivity contribution in [2.45, 2.75) is 37.0 Å². The van der Waals surface area contributed by atoms with Crippen LogP contribution in [0, 0.1) is 16.0 Å². The number of sulfone groups is 1. The molecule has 2 unspecified atom stereocenters. The van der Waals surface area contributed by atoms with Gasteiger partial charge in [-0.05, 0) is 29.9 Å². The van der Waals surface area contributed by atoms with Crippen molar-refractivity contribution in [2.24, 2.45) is 5.92 Å². The molecule has 1 fully saturated rings. The van der Waals surface area contributed by atoms with E-state index >= 15 is 0 Å². The number of hydrogen-bond acceptors (Lipinski definition) is 6. The highest BCUT2D eigenvalue weighted by Gasteiger charge is 2.33. The zero-order valence-electron chi connectivity index (χ0n) is 13.2. The maximum absolute atomic E-state index is 12.1. The summed E-state index contributed by atoms with van der Waals surface area (Å²) in [5.41, 5.74) is -0.331. The number of nitro groups is 1. The summed E-state index contributed by atoms with van der Waals surface area (Å²) in [6.45, 7) is 2.00. The van der Waals surface area contributed by atoms with Crippen LogP contribution in [-0.4, -0.2) is 32.7 Å². The van der Waals surface area contributed by atoms with Gasteiger partial charge in [-0.15, -0.1) is 0 Å². The van der Waals surface area contributed by atoms with Crippen molar-refractivity contribution >= 4 is 21.5 Å². The van der Waals surface area contributed by atoms with Crippen molar-refractivity contribution in [1.29, 1.82) is 0 Å². The first-order valence-corrected chi connectivity index (χ1v) is 9.16. The van der Waals surface area contributed by atoms with Gasteiger partial charge in [0, 0.05) is 12.3 Å². The van der Waals surface area contributed by atoms with Crippen molar-refractivity contribution in [1.82, 2.24) is 0 Å². The van der Waals surface area contributed by atoms with E-state index in [1.165, 1.54) is 6.07 Å². The molecular formula is C15H19NO6S. The summed E-state index contributed by atoms with van der Waals surface area (Å²) in [6.07, 6.45) is 3.71. The second kappa shape index (κ2) is 6.27. The van der Waals surface area contributed by atoms with E-state index in [2.05, 4.69) is 4.74 Å². The van der Waals surface area contributed by atoms with Gasteiger partial charge in [-0.3, -0.25) is 10.1 Å². The fraction of sp³-hybridized carbons (Fsp3) is 0.533. The summed E-state index contributed by atoms with van der Waals surface area (Å²) in [6, 6.07) is 2.31. The third-order valence-electron chi connectivity index (χ3n) is 4.39. The standard InChI is InChI=1S/C15H19NO6S/c1-9-5-4-6-10(9)11-7-13(16(18)19)12(15(17)22-2)8-14(11)23(3,20)21/h7-10H,4-6H2,1-3H3. The molecule has 1 saturated carbocycles. The summed E-state index contributed by atoms with van der Waals surface area (Å²) in [5.74, 6) is -0.753. The van der Waals surface area contributed by atoms with Crippen LogP contribution in [-0.2, 0) is 14.6 Å². The predicted molar refractivity (Wildman–Crippen MR) is 83.3 cm³/mol. The molecule has 0 heterocycles. The Morgan fingerprint density at radius 3 is 2.43 bits per heavy atom. The lowest BCUT2D eigenvalue weighted by atomic mass is 9.89. The topological polar surface area (TPSA) is 104 Å². The second-order valence-corrected chi connectivity index (χ2v) is 7.93. The smallest absolute Gasteiger partial charge is 0.344 e. The van der Waals surface area contributed by atoms with Gasteiger partial charge in [0.15, 0.2) is 9.84 Å². The van der Waals surface area contributed by atoms with Gasteiger partial charge >= 0.3 is 5.97 Å². The van der Waals surface area contributed by atoms with Gasteiger partial charge in [0.25, 0.3) is 5.69 Å². The molecule has 1 aromatic rings. The molecular weight excluding hydrogens is 322 g/mol. The van der Waals surface area contributed by atoms with E-state index in [1.807, 2.05) is 6.92 Å². The van der Waals surface area contributed by atoms with Gasteiger partial charge in [0.1, 0.15) is 5.56 Å². The molecule has 0 amide bonds. The minimum absolute atomic E-state index is 0.0257. The molecule has 1 aromatic carbocycles. The molecule has 0 aromatic heterocycles. The fourth-order valence-electron chi connectivity index (χ4n) is 3.23. The minimum atomic E-state index is -3.63. The van der Waals surface area contributed by atoms with Gasteiger partial charge in [0.05, 0.1) is 16.9 Å². The molecule has 0 spiro atoms. The highest BCUT2D eigenvalue weighted by Crippen LogP contribution is 2.43. The number of carbonyl (C=O) groups excluding carboxylic acids is 1. The molecule has 0 bridgehead atoms. The van der Waals surface area contributed by atoms with Gasteiger partial charge < -0.3 is 4.74 Å². The molecule has 2 atom stereocenters. The number of rotatable bonds is 4. The van der Waals surface area contributed by atoms with Crippen LogP contribution < -0.4 is 0 Å². The van der Waals surface area contributed by atoms with Crippen LogP contribution in [0.1, 0.15) is 48.0 Å². The van der Waals surface area contributed by atoms with Crippen LogP contribution in [0.4, 0.5) is 5.69 Å². The Morgan fingerprint density at radius 1 is 1.35 bits per heavy atom. The van der Waals surface area contributed by atoms with Crippen LogP contribution in [0.5, 0.6) is 0 Å². The average molecular weight is 341 g/mol. The van der Waals surface area contributed by atoms with Gasteiger partial charge in [-0.2, -0.15) is 0 Å². The zero-order valence-corrected chi connectivity index (χ0v) is 14.1. The van der Waals surface area contributed by atoms with E-state index in [0.717, 1.165) is 38.7 Å². The number of carbonyl (C=O) groups is 1. The van der Waals surface area contributed by atoms with Gasteiger partial charge in [0.2, 0.25) is 0 Å². The van der Waals surface area contributed by atoms with E-state index in [-0.39, 0.29) is 22.3 Å². The second-order valence-electron chi connectivity index (χ2n) is 5.94. The SMILES string of the molecule is COC(=O)c1cc(S(C)(=O)=O)c(C2CCCC2C)cc1[N+](=O)[O-]. The number of esters is 1. The molecule has 7 nitrogen and oxygen atoms in total. The number of benzene rings is 1. The highest BCUT2D eigenvalue weighted by molar-refractivity contribution is 7.90. The largest absolute Gasteiger partial charge is 0.465 e. The van der Waals surface area contributed by atoms with E-state index < -0.39 is 26.4 Å². The van der Waals surface area contributed by atoms with Crippen LogP contribution >= 0.6 is 0 Å². The average Bonchev–Trinajstić information content (AvgIpc) is 2.90. The summed E-state index contributed by atoms with van der Waals surface area (Å²) < 4.78 is 28.8. The Bertz CT molecular complexity index is 755. The Morgan fingerprint density at radius 2 is 2.00 bits per heavy atom. The van der Waals surface area contributed by atoms with E-state index in [1.54, 1.807) is 0 Å². The molecule has 2 rings (SSSR count). The van der Waals surface area contributed by atoms with Crippen molar-refractivity contribution in [3.05, 3.63) is 33.4 Å². The Kier molecular flexibility index (Phi) is 4.74. The van der Waals surface area contributed by atoms with Crippen molar-refractivity contribution < 1.29 is 22.9 Å². The third-order valence-corrected chi connectivity index (χ3v) is 5.54. The molecule has 1 aliphatic rings. The lowest BCUT2D eigenvalue weighted by Crippen LogP contribution is -2.14. The summed E-state index contributed by atoms with van der Waals surface area (Å²) in [7, 11) is -2.54. The molecule has 0 aliphatic heterocycles. The Labute approximate surface area is 134 Å². The number of nitro benzene ring substituents is 1. The summed E-state index contributed by atoms with van der Waals surface area (Å²) in [5, 5.41) is 11.3. The first-order valence-electron chi connectivity index (χ1n) is 7.27. The van der Waals surface area contributed by atoms with Crippen LogP contribution in [0.3, 0.4) is 0 Å². The van der Waals surface area contributed by atoms with E-state index in [4.69, 9.17) is 0 Å². The minimum Gasteiger partial charge on any atom is -0.465 e. The number of nitrogens with zero attached hydrogens (tertiary/aromatic N) is 1. The van der Waals surface area contributed by atoms with Crippen molar-refractivity contribution in [3.63, 3.8) is 0 Å². The quantitative estimate of drug-likeness (QED) is 0.474. The third kappa shape index (κ3) is 3.36. The van der Waals surface area contributed by atoms with Crippen LogP contribution in [0.2, 0.25) is 0 Å². The van der Waals surface area contributed by atoms with Crippen molar-refractivity contribution in [3.8, 4) is 0 Å². The molecule has 0 N–H and O–H groups in total. The monoisotopic (exact) mass is 341 g/mol. The maximum atomic E-state index is 12.1. The van der Waals surface area contributed by atoms with E-state index in [9.17, 15) is 23.3 Å². The first kappa shape index (κ1) is 17.4. The molecule has 8 heteroatoms. The Hall–Kier alpha value is -1.96. The lowest BCUT2D eigenvalue weighted by molar-refractivity contribution is -0.385.